The highest BCUT2D eigenvalue weighted by atomic mass is 19.1. The number of amides is 2. The Balaban J connectivity index is 1.97. The first kappa shape index (κ1) is 21.4. The fourth-order valence-electron chi connectivity index (χ4n) is 2.79. The zero-order valence-corrected chi connectivity index (χ0v) is 16.6. The van der Waals surface area contributed by atoms with Crippen molar-refractivity contribution >= 4 is 11.8 Å². The molecule has 0 heterocycles. The van der Waals surface area contributed by atoms with Crippen LogP contribution in [-0.2, 0) is 16.1 Å². The molecule has 1 atom stereocenters. The highest BCUT2D eigenvalue weighted by molar-refractivity contribution is 5.87. The lowest BCUT2D eigenvalue weighted by Crippen LogP contribution is -2.46. The van der Waals surface area contributed by atoms with Crippen LogP contribution in [0, 0.1) is 12.7 Å². The molecule has 0 aliphatic carbocycles. The second-order valence-electron chi connectivity index (χ2n) is 6.67. The molecule has 0 saturated heterocycles. The summed E-state index contributed by atoms with van der Waals surface area (Å²) in [4.78, 5) is 26.2. The number of nitrogens with one attached hydrogen (secondary N) is 1. The Morgan fingerprint density at radius 3 is 2.46 bits per heavy atom. The second kappa shape index (κ2) is 10.4. The van der Waals surface area contributed by atoms with Crippen LogP contribution in [0.4, 0.5) is 4.39 Å². The van der Waals surface area contributed by atoms with Gasteiger partial charge in [-0.1, -0.05) is 35.9 Å². The number of carbonyl (C=O) groups is 2. The number of carbonyl (C=O) groups excluding carboxylic acids is 2. The first-order valence-electron chi connectivity index (χ1n) is 9.36. The van der Waals surface area contributed by atoms with E-state index in [0.29, 0.717) is 18.6 Å². The van der Waals surface area contributed by atoms with Crippen molar-refractivity contribution in [3.8, 4) is 5.75 Å². The molecular weight excluding hydrogens is 359 g/mol. The maximum Gasteiger partial charge on any atom is 0.242 e. The maximum atomic E-state index is 14.0. The van der Waals surface area contributed by atoms with Crippen molar-refractivity contribution in [2.45, 2.75) is 39.3 Å². The van der Waals surface area contributed by atoms with Gasteiger partial charge in [0.05, 0.1) is 6.61 Å². The molecule has 0 fully saturated rings. The van der Waals surface area contributed by atoms with Crippen LogP contribution >= 0.6 is 0 Å². The van der Waals surface area contributed by atoms with E-state index in [-0.39, 0.29) is 24.8 Å². The third-order valence-electron chi connectivity index (χ3n) is 4.54. The summed E-state index contributed by atoms with van der Waals surface area (Å²) in [6.45, 7) is 4.07. The Morgan fingerprint density at radius 2 is 1.82 bits per heavy atom. The number of rotatable bonds is 9. The van der Waals surface area contributed by atoms with E-state index in [2.05, 4.69) is 5.32 Å². The van der Waals surface area contributed by atoms with E-state index in [4.69, 9.17) is 4.74 Å². The number of halogens is 1. The Kier molecular flexibility index (Phi) is 7.99. The van der Waals surface area contributed by atoms with Gasteiger partial charge in [0, 0.05) is 25.6 Å². The van der Waals surface area contributed by atoms with Gasteiger partial charge in [0.1, 0.15) is 17.6 Å². The first-order valence-corrected chi connectivity index (χ1v) is 9.36. The molecule has 150 valence electrons. The van der Waals surface area contributed by atoms with E-state index in [9.17, 15) is 14.0 Å². The number of hydrogen-bond donors (Lipinski definition) is 1. The lowest BCUT2D eigenvalue weighted by molar-refractivity contribution is -0.140. The van der Waals surface area contributed by atoms with Gasteiger partial charge in [0.2, 0.25) is 11.8 Å². The second-order valence-corrected chi connectivity index (χ2v) is 6.67. The van der Waals surface area contributed by atoms with E-state index in [1.165, 1.54) is 18.0 Å². The number of nitrogens with zero attached hydrogens (tertiary/aromatic N) is 1. The zero-order valence-electron chi connectivity index (χ0n) is 16.6. The van der Waals surface area contributed by atoms with Crippen molar-refractivity contribution in [1.82, 2.24) is 10.2 Å². The minimum atomic E-state index is -0.699. The smallest absolute Gasteiger partial charge is 0.242 e. The standard InChI is InChI=1S/C22H27FN2O3/c1-16-10-12-19(13-11-16)28-14-6-9-21(26)25(17(2)22(27)24-3)15-18-7-4-5-8-20(18)23/h4-5,7-8,10-13,17H,6,9,14-15H2,1-3H3,(H,24,27)/t17-/m0/s1. The van der Waals surface area contributed by atoms with Crippen molar-refractivity contribution < 1.29 is 18.7 Å². The van der Waals surface area contributed by atoms with E-state index in [1.54, 1.807) is 25.1 Å². The van der Waals surface area contributed by atoms with Gasteiger partial charge < -0.3 is 15.0 Å². The Hall–Kier alpha value is -2.89. The minimum Gasteiger partial charge on any atom is -0.494 e. The van der Waals surface area contributed by atoms with Gasteiger partial charge in [-0.25, -0.2) is 4.39 Å². The first-order chi connectivity index (χ1) is 13.4. The van der Waals surface area contributed by atoms with Crippen molar-refractivity contribution in [2.75, 3.05) is 13.7 Å². The van der Waals surface area contributed by atoms with Crippen LogP contribution in [0.5, 0.6) is 5.75 Å². The molecule has 2 rings (SSSR count). The molecule has 28 heavy (non-hydrogen) atoms. The number of hydrogen-bond acceptors (Lipinski definition) is 3. The summed E-state index contributed by atoms with van der Waals surface area (Å²) in [5.74, 6) is -0.153. The molecule has 0 bridgehead atoms. The molecule has 2 aromatic carbocycles. The average Bonchev–Trinajstić information content (AvgIpc) is 2.70. The summed E-state index contributed by atoms with van der Waals surface area (Å²) in [6.07, 6.45) is 0.711. The molecule has 1 N–H and O–H groups in total. The van der Waals surface area contributed by atoms with Crippen molar-refractivity contribution in [1.29, 1.82) is 0 Å². The molecular formula is C22H27FN2O3. The molecule has 0 aromatic heterocycles. The van der Waals surface area contributed by atoms with Crippen LogP contribution in [0.2, 0.25) is 0 Å². The van der Waals surface area contributed by atoms with Crippen LogP contribution in [0.1, 0.15) is 30.9 Å². The van der Waals surface area contributed by atoms with Crippen LogP contribution in [0.15, 0.2) is 48.5 Å². The van der Waals surface area contributed by atoms with Gasteiger partial charge in [0.15, 0.2) is 0 Å². The minimum absolute atomic E-state index is 0.0406. The average molecular weight is 386 g/mol. The quantitative estimate of drug-likeness (QED) is 0.672. The molecule has 2 amide bonds. The molecule has 6 heteroatoms. The highest BCUT2D eigenvalue weighted by Crippen LogP contribution is 2.15. The van der Waals surface area contributed by atoms with E-state index >= 15 is 0 Å². The van der Waals surface area contributed by atoms with E-state index in [0.717, 1.165) is 11.3 Å². The predicted octanol–water partition coefficient (Wildman–Crippen LogP) is 3.46. The largest absolute Gasteiger partial charge is 0.494 e. The monoisotopic (exact) mass is 386 g/mol. The Morgan fingerprint density at radius 1 is 1.14 bits per heavy atom. The summed E-state index contributed by atoms with van der Waals surface area (Å²) >= 11 is 0. The lowest BCUT2D eigenvalue weighted by Gasteiger charge is -2.28. The zero-order chi connectivity index (χ0) is 20.5. The third-order valence-corrected chi connectivity index (χ3v) is 4.54. The summed E-state index contributed by atoms with van der Waals surface area (Å²) in [6, 6.07) is 13.3. The van der Waals surface area contributed by atoms with E-state index < -0.39 is 11.9 Å². The van der Waals surface area contributed by atoms with Crippen LogP contribution in [-0.4, -0.2) is 36.4 Å². The van der Waals surface area contributed by atoms with Gasteiger partial charge in [-0.05, 0) is 38.5 Å². The van der Waals surface area contributed by atoms with Crippen LogP contribution in [0.25, 0.3) is 0 Å². The summed E-state index contributed by atoms with van der Waals surface area (Å²) in [5.41, 5.74) is 1.53. The number of benzene rings is 2. The molecule has 5 nitrogen and oxygen atoms in total. The van der Waals surface area contributed by atoms with Crippen molar-refractivity contribution in [3.05, 3.63) is 65.5 Å². The maximum absolute atomic E-state index is 14.0. The van der Waals surface area contributed by atoms with Gasteiger partial charge in [0.25, 0.3) is 0 Å². The van der Waals surface area contributed by atoms with Crippen molar-refractivity contribution in [2.24, 2.45) is 0 Å². The summed E-state index contributed by atoms with van der Waals surface area (Å²) in [7, 11) is 1.51. The predicted molar refractivity (Wildman–Crippen MR) is 106 cm³/mol. The number of likely N-dealkylation sites (N-methyl/N-ethyl adjacent to an activating group) is 1. The Bertz CT molecular complexity index is 793. The van der Waals surface area contributed by atoms with Gasteiger partial charge in [-0.3, -0.25) is 9.59 Å². The molecule has 0 radical (unpaired) electrons. The topological polar surface area (TPSA) is 58.6 Å². The van der Waals surface area contributed by atoms with Crippen LogP contribution < -0.4 is 10.1 Å². The number of aryl methyl sites for hydroxylation is 1. The van der Waals surface area contributed by atoms with Gasteiger partial charge in [-0.2, -0.15) is 0 Å². The molecule has 0 aliphatic rings. The van der Waals surface area contributed by atoms with E-state index in [1.807, 2.05) is 31.2 Å². The molecule has 0 spiro atoms. The highest BCUT2D eigenvalue weighted by Gasteiger charge is 2.25. The third kappa shape index (κ3) is 6.08. The molecule has 0 saturated carbocycles. The normalized spacial score (nSPS) is 11.6. The molecule has 2 aromatic rings. The van der Waals surface area contributed by atoms with Gasteiger partial charge in [-0.15, -0.1) is 0 Å². The van der Waals surface area contributed by atoms with Gasteiger partial charge >= 0.3 is 0 Å². The Labute approximate surface area is 165 Å². The fourth-order valence-corrected chi connectivity index (χ4v) is 2.79. The fraction of sp³-hybridized carbons (Fsp3) is 0.364. The molecule has 0 aliphatic heterocycles. The van der Waals surface area contributed by atoms with Crippen LogP contribution in [0.3, 0.4) is 0 Å². The SMILES string of the molecule is CNC(=O)[C@H](C)N(Cc1ccccc1F)C(=O)CCCOc1ccc(C)cc1. The number of ether oxygens (including phenoxy) is 1. The lowest BCUT2D eigenvalue weighted by atomic mass is 10.1. The van der Waals surface area contributed by atoms with Crippen molar-refractivity contribution in [3.63, 3.8) is 0 Å². The summed E-state index contributed by atoms with van der Waals surface area (Å²) in [5, 5.41) is 2.54. The molecule has 0 unspecified atom stereocenters. The summed E-state index contributed by atoms with van der Waals surface area (Å²) < 4.78 is 19.7.